The Bertz CT molecular complexity index is 490. The van der Waals surface area contributed by atoms with Crippen LogP contribution in [0.3, 0.4) is 0 Å². The molecule has 3 heteroatoms. The van der Waals surface area contributed by atoms with Crippen LogP contribution in [0.2, 0.25) is 0 Å². The van der Waals surface area contributed by atoms with Crippen molar-refractivity contribution in [1.82, 2.24) is 0 Å². The Kier molecular flexibility index (Phi) is 5.14. The standard InChI is InChI=1S/C16H21NO2/c1-13(2)6-5-11-17(3,4)12-14-7-9-15(10-8-14)16(18)19/h7-10,13H,11-12H2,1-4H3/p+1. The molecule has 1 N–H and O–H groups in total. The number of carboxylic acids is 1. The summed E-state index contributed by atoms with van der Waals surface area (Å²) in [7, 11) is 4.25. The minimum Gasteiger partial charge on any atom is -0.478 e. The normalized spacial score (nSPS) is 11.0. The molecule has 19 heavy (non-hydrogen) atoms. The lowest BCUT2D eigenvalue weighted by Gasteiger charge is -2.27. The van der Waals surface area contributed by atoms with Crippen LogP contribution in [0.4, 0.5) is 0 Å². The number of aromatic carboxylic acids is 1. The Labute approximate surface area is 115 Å². The molecule has 0 aliphatic rings. The molecule has 3 nitrogen and oxygen atoms in total. The van der Waals surface area contributed by atoms with E-state index in [0.717, 1.165) is 23.1 Å². The molecule has 0 unspecified atom stereocenters. The number of hydrogen-bond donors (Lipinski definition) is 1. The lowest BCUT2D eigenvalue weighted by Crippen LogP contribution is -2.39. The van der Waals surface area contributed by atoms with Crippen molar-refractivity contribution >= 4 is 5.97 Å². The van der Waals surface area contributed by atoms with Crippen molar-refractivity contribution in [3.05, 3.63) is 35.4 Å². The fourth-order valence-electron chi connectivity index (χ4n) is 1.77. The summed E-state index contributed by atoms with van der Waals surface area (Å²) in [4.78, 5) is 10.8. The summed E-state index contributed by atoms with van der Waals surface area (Å²) in [6.07, 6.45) is 0. The molecule has 0 heterocycles. The van der Waals surface area contributed by atoms with Crippen molar-refractivity contribution in [2.75, 3.05) is 20.6 Å². The van der Waals surface area contributed by atoms with E-state index in [0.29, 0.717) is 11.5 Å². The lowest BCUT2D eigenvalue weighted by atomic mass is 10.1. The maximum absolute atomic E-state index is 10.8. The van der Waals surface area contributed by atoms with E-state index < -0.39 is 5.97 Å². The van der Waals surface area contributed by atoms with E-state index in [1.54, 1.807) is 12.1 Å². The third kappa shape index (κ3) is 5.58. The minimum absolute atomic E-state index is 0.327. The number of rotatable bonds is 4. The first-order valence-corrected chi connectivity index (χ1v) is 6.43. The minimum atomic E-state index is -0.886. The molecule has 0 saturated heterocycles. The van der Waals surface area contributed by atoms with Crippen molar-refractivity contribution in [2.45, 2.75) is 20.4 Å². The molecule has 1 aromatic rings. The lowest BCUT2D eigenvalue weighted by molar-refractivity contribution is -0.896. The van der Waals surface area contributed by atoms with Gasteiger partial charge in [0.2, 0.25) is 0 Å². The molecule has 0 spiro atoms. The second-order valence-corrected chi connectivity index (χ2v) is 5.73. The van der Waals surface area contributed by atoms with Gasteiger partial charge in [-0.25, -0.2) is 4.79 Å². The van der Waals surface area contributed by atoms with Gasteiger partial charge >= 0.3 is 5.97 Å². The third-order valence-electron chi connectivity index (χ3n) is 2.71. The van der Waals surface area contributed by atoms with E-state index in [1.165, 1.54) is 0 Å². The van der Waals surface area contributed by atoms with Gasteiger partial charge in [-0.1, -0.05) is 31.9 Å². The van der Waals surface area contributed by atoms with Crippen molar-refractivity contribution in [1.29, 1.82) is 0 Å². The fourth-order valence-corrected chi connectivity index (χ4v) is 1.77. The quantitative estimate of drug-likeness (QED) is 0.667. The average molecular weight is 260 g/mol. The SMILES string of the molecule is CC(C)C#CC[N+](C)(C)Cc1ccc(C(=O)O)cc1. The summed E-state index contributed by atoms with van der Waals surface area (Å²) >= 11 is 0. The molecule has 0 amide bonds. The monoisotopic (exact) mass is 260 g/mol. The van der Waals surface area contributed by atoms with Gasteiger partial charge in [-0.15, -0.1) is 0 Å². The summed E-state index contributed by atoms with van der Waals surface area (Å²) < 4.78 is 0.770. The van der Waals surface area contributed by atoms with Crippen LogP contribution in [0.5, 0.6) is 0 Å². The molecular weight excluding hydrogens is 238 g/mol. The van der Waals surface area contributed by atoms with Gasteiger partial charge < -0.3 is 9.59 Å². The van der Waals surface area contributed by atoms with Crippen LogP contribution in [0, 0.1) is 17.8 Å². The Morgan fingerprint density at radius 2 is 1.84 bits per heavy atom. The van der Waals surface area contributed by atoms with Crippen LogP contribution in [0.25, 0.3) is 0 Å². The number of hydrogen-bond acceptors (Lipinski definition) is 1. The molecule has 0 saturated carbocycles. The highest BCUT2D eigenvalue weighted by molar-refractivity contribution is 5.87. The summed E-state index contributed by atoms with van der Waals surface area (Å²) in [5, 5.41) is 8.85. The molecule has 0 radical (unpaired) electrons. The first-order valence-electron chi connectivity index (χ1n) is 6.43. The van der Waals surface area contributed by atoms with E-state index in [1.807, 2.05) is 12.1 Å². The van der Waals surface area contributed by atoms with Crippen LogP contribution < -0.4 is 0 Å². The highest BCUT2D eigenvalue weighted by Crippen LogP contribution is 2.10. The molecule has 0 bridgehead atoms. The van der Waals surface area contributed by atoms with Crippen LogP contribution in [-0.4, -0.2) is 36.2 Å². The highest BCUT2D eigenvalue weighted by Gasteiger charge is 2.14. The Morgan fingerprint density at radius 3 is 2.32 bits per heavy atom. The first-order chi connectivity index (χ1) is 8.80. The molecule has 0 aliphatic carbocycles. The van der Waals surface area contributed by atoms with E-state index in [-0.39, 0.29) is 0 Å². The van der Waals surface area contributed by atoms with Crippen LogP contribution in [0.15, 0.2) is 24.3 Å². The smallest absolute Gasteiger partial charge is 0.335 e. The Balaban J connectivity index is 2.68. The summed E-state index contributed by atoms with van der Waals surface area (Å²) in [5.74, 6) is 5.88. The van der Waals surface area contributed by atoms with Gasteiger partial charge in [0.15, 0.2) is 0 Å². The van der Waals surface area contributed by atoms with Gasteiger partial charge in [-0.3, -0.25) is 0 Å². The van der Waals surface area contributed by atoms with Crippen molar-refractivity contribution < 1.29 is 14.4 Å². The third-order valence-corrected chi connectivity index (χ3v) is 2.71. The number of carboxylic acid groups (broad SMARTS) is 1. The molecule has 1 rings (SSSR count). The highest BCUT2D eigenvalue weighted by atomic mass is 16.4. The predicted molar refractivity (Wildman–Crippen MR) is 76.7 cm³/mol. The van der Waals surface area contributed by atoms with Crippen molar-refractivity contribution in [3.8, 4) is 11.8 Å². The molecule has 102 valence electrons. The Morgan fingerprint density at radius 1 is 1.26 bits per heavy atom. The zero-order chi connectivity index (χ0) is 14.5. The number of carbonyl (C=O) groups is 1. The van der Waals surface area contributed by atoms with E-state index >= 15 is 0 Å². The fraction of sp³-hybridized carbons (Fsp3) is 0.438. The molecule has 0 fully saturated rings. The van der Waals surface area contributed by atoms with E-state index in [4.69, 9.17) is 5.11 Å². The summed E-state index contributed by atoms with van der Waals surface area (Å²) in [6.45, 7) is 5.79. The van der Waals surface area contributed by atoms with Crippen molar-refractivity contribution in [2.24, 2.45) is 5.92 Å². The summed E-state index contributed by atoms with van der Waals surface area (Å²) in [5.41, 5.74) is 1.45. The second-order valence-electron chi connectivity index (χ2n) is 5.73. The number of benzene rings is 1. The van der Waals surface area contributed by atoms with Gasteiger partial charge in [0, 0.05) is 11.5 Å². The zero-order valence-electron chi connectivity index (χ0n) is 12.1. The maximum atomic E-state index is 10.8. The second kappa shape index (κ2) is 6.40. The number of quaternary nitrogens is 1. The predicted octanol–water partition coefficient (Wildman–Crippen LogP) is 2.62. The van der Waals surface area contributed by atoms with Crippen molar-refractivity contribution in [3.63, 3.8) is 0 Å². The topological polar surface area (TPSA) is 37.3 Å². The van der Waals surface area contributed by atoms with Gasteiger partial charge in [-0.2, -0.15) is 0 Å². The van der Waals surface area contributed by atoms with Gasteiger partial charge in [0.05, 0.1) is 19.7 Å². The molecule has 0 aromatic heterocycles. The van der Waals surface area contributed by atoms with Crippen LogP contribution in [0.1, 0.15) is 29.8 Å². The summed E-state index contributed by atoms with van der Waals surface area (Å²) in [6, 6.07) is 7.05. The number of nitrogens with zero attached hydrogens (tertiary/aromatic N) is 1. The van der Waals surface area contributed by atoms with Gasteiger partial charge in [-0.05, 0) is 18.1 Å². The zero-order valence-corrected chi connectivity index (χ0v) is 12.1. The molecule has 0 aliphatic heterocycles. The van der Waals surface area contributed by atoms with Crippen LogP contribution >= 0.6 is 0 Å². The van der Waals surface area contributed by atoms with Gasteiger partial charge in [0.1, 0.15) is 13.1 Å². The Hall–Kier alpha value is -1.79. The largest absolute Gasteiger partial charge is 0.478 e. The average Bonchev–Trinajstić information content (AvgIpc) is 2.28. The molecule has 0 atom stereocenters. The maximum Gasteiger partial charge on any atom is 0.335 e. The van der Waals surface area contributed by atoms with Crippen LogP contribution in [-0.2, 0) is 6.54 Å². The van der Waals surface area contributed by atoms with E-state index in [9.17, 15) is 4.79 Å². The molecular formula is C16H22NO2+. The van der Waals surface area contributed by atoms with E-state index in [2.05, 4.69) is 39.8 Å². The molecule has 1 aromatic carbocycles. The first kappa shape index (κ1) is 15.3. The van der Waals surface area contributed by atoms with Gasteiger partial charge in [0.25, 0.3) is 0 Å².